The summed E-state index contributed by atoms with van der Waals surface area (Å²) in [6.07, 6.45) is 1.07. The van der Waals surface area contributed by atoms with Crippen LogP contribution in [0.2, 0.25) is 0 Å². The predicted octanol–water partition coefficient (Wildman–Crippen LogP) is 4.09. The second-order valence-corrected chi connectivity index (χ2v) is 6.28. The first-order valence-electron chi connectivity index (χ1n) is 8.39. The molecule has 0 aromatic heterocycles. The number of ether oxygens (including phenoxy) is 1. The Balaban J connectivity index is 1.70. The maximum absolute atomic E-state index is 13.7. The third-order valence-corrected chi connectivity index (χ3v) is 4.49. The van der Waals surface area contributed by atoms with Gasteiger partial charge in [0.25, 0.3) is 0 Å². The number of rotatable bonds is 4. The Labute approximate surface area is 150 Å². The molecule has 0 amide bonds. The Hall–Kier alpha value is -2.94. The van der Waals surface area contributed by atoms with Gasteiger partial charge in [0.1, 0.15) is 18.0 Å². The normalized spacial score (nSPS) is 14.8. The Kier molecular flexibility index (Phi) is 5.17. The molecule has 3 rings (SSSR count). The topological polar surface area (TPSA) is 53.3 Å². The second kappa shape index (κ2) is 7.52. The monoisotopic (exact) mass is 356 g/mol. The average Bonchev–Trinajstić information content (AvgIpc) is 2.64. The van der Waals surface area contributed by atoms with Crippen molar-refractivity contribution in [2.75, 3.05) is 18.0 Å². The van der Waals surface area contributed by atoms with Gasteiger partial charge in [-0.15, -0.1) is 0 Å². The van der Waals surface area contributed by atoms with Crippen LogP contribution in [-0.4, -0.2) is 25.0 Å². The minimum absolute atomic E-state index is 0.0427. The third-order valence-electron chi connectivity index (χ3n) is 4.49. The number of piperidine rings is 1. The van der Waals surface area contributed by atoms with Crippen molar-refractivity contribution in [2.45, 2.75) is 25.9 Å². The summed E-state index contributed by atoms with van der Waals surface area (Å²) in [6, 6.07) is 10.5. The molecule has 26 heavy (non-hydrogen) atoms. The summed E-state index contributed by atoms with van der Waals surface area (Å²) in [6.45, 7) is 2.72. The Bertz CT molecular complexity index is 869. The minimum atomic E-state index is -0.714. The number of nitriles is 1. The molecule has 134 valence electrons. The van der Waals surface area contributed by atoms with Crippen LogP contribution < -0.4 is 9.64 Å². The van der Waals surface area contributed by atoms with Gasteiger partial charge >= 0.3 is 0 Å². The van der Waals surface area contributed by atoms with E-state index in [0.717, 1.165) is 11.8 Å². The van der Waals surface area contributed by atoms with Crippen molar-refractivity contribution in [3.05, 3.63) is 59.2 Å². The number of hydrogen-bond acceptors (Lipinski definition) is 4. The van der Waals surface area contributed by atoms with Crippen LogP contribution in [0, 0.1) is 23.0 Å². The average molecular weight is 356 g/mol. The highest BCUT2D eigenvalue weighted by molar-refractivity contribution is 5.95. The van der Waals surface area contributed by atoms with Gasteiger partial charge in [-0.1, -0.05) is 0 Å². The zero-order valence-corrected chi connectivity index (χ0v) is 14.3. The number of anilines is 1. The Morgan fingerprint density at radius 3 is 2.54 bits per heavy atom. The van der Waals surface area contributed by atoms with E-state index in [1.54, 1.807) is 18.2 Å². The Morgan fingerprint density at radius 2 is 1.92 bits per heavy atom. The van der Waals surface area contributed by atoms with Crippen LogP contribution >= 0.6 is 0 Å². The van der Waals surface area contributed by atoms with Crippen molar-refractivity contribution >= 4 is 11.5 Å². The summed E-state index contributed by atoms with van der Waals surface area (Å²) in [4.78, 5) is 13.6. The van der Waals surface area contributed by atoms with Crippen LogP contribution in [-0.2, 0) is 0 Å². The van der Waals surface area contributed by atoms with Crippen molar-refractivity contribution < 1.29 is 18.3 Å². The predicted molar refractivity (Wildman–Crippen MR) is 93.4 cm³/mol. The number of ketones is 1. The molecule has 2 aromatic rings. The molecule has 1 aliphatic heterocycles. The summed E-state index contributed by atoms with van der Waals surface area (Å²) in [5.41, 5.74) is 1.80. The fourth-order valence-corrected chi connectivity index (χ4v) is 3.07. The first-order chi connectivity index (χ1) is 12.5. The first-order valence-corrected chi connectivity index (χ1v) is 8.39. The lowest BCUT2D eigenvalue weighted by Crippen LogP contribution is -2.38. The number of hydrogen-bond donors (Lipinski definition) is 0. The number of benzene rings is 2. The molecule has 0 N–H and O–H groups in total. The van der Waals surface area contributed by atoms with Crippen LogP contribution in [0.3, 0.4) is 0 Å². The molecule has 0 spiro atoms. The highest BCUT2D eigenvalue weighted by Crippen LogP contribution is 2.28. The fraction of sp³-hybridized carbons (Fsp3) is 0.300. The van der Waals surface area contributed by atoms with Crippen LogP contribution in [0.25, 0.3) is 0 Å². The lowest BCUT2D eigenvalue weighted by molar-refractivity contribution is 0.101. The molecule has 0 bridgehead atoms. The number of carbonyl (C=O) groups is 1. The SMILES string of the molecule is CC(=O)c1ccc(C#N)c(N2CCC(Oc3ccc(F)cc3F)CC2)c1. The largest absolute Gasteiger partial charge is 0.487 e. The molecule has 1 heterocycles. The van der Waals surface area contributed by atoms with Gasteiger partial charge in [0.05, 0.1) is 11.3 Å². The van der Waals surface area contributed by atoms with Gasteiger partial charge in [-0.3, -0.25) is 4.79 Å². The maximum atomic E-state index is 13.7. The van der Waals surface area contributed by atoms with Crippen molar-refractivity contribution in [3.8, 4) is 11.8 Å². The van der Waals surface area contributed by atoms with E-state index in [9.17, 15) is 18.8 Å². The molecule has 2 aromatic carbocycles. The molecule has 0 aliphatic carbocycles. The van der Waals surface area contributed by atoms with E-state index in [0.29, 0.717) is 37.1 Å². The lowest BCUT2D eigenvalue weighted by atomic mass is 10.0. The van der Waals surface area contributed by atoms with E-state index in [1.807, 2.05) is 4.90 Å². The first kappa shape index (κ1) is 17.9. The molecule has 1 fully saturated rings. The van der Waals surface area contributed by atoms with E-state index in [-0.39, 0.29) is 17.6 Å². The van der Waals surface area contributed by atoms with E-state index in [1.165, 1.54) is 19.1 Å². The summed E-state index contributed by atoms with van der Waals surface area (Å²) >= 11 is 0. The van der Waals surface area contributed by atoms with Gasteiger partial charge in [-0.2, -0.15) is 5.26 Å². The van der Waals surface area contributed by atoms with Crippen molar-refractivity contribution in [1.82, 2.24) is 0 Å². The minimum Gasteiger partial charge on any atom is -0.487 e. The molecular weight excluding hydrogens is 338 g/mol. The fourth-order valence-electron chi connectivity index (χ4n) is 3.07. The number of carbonyl (C=O) groups excluding carboxylic acids is 1. The van der Waals surface area contributed by atoms with Crippen molar-refractivity contribution in [3.63, 3.8) is 0 Å². The zero-order chi connectivity index (χ0) is 18.7. The van der Waals surface area contributed by atoms with Crippen LogP contribution in [0.4, 0.5) is 14.5 Å². The van der Waals surface area contributed by atoms with Gasteiger partial charge in [0.2, 0.25) is 0 Å². The summed E-state index contributed by atoms with van der Waals surface area (Å²) in [7, 11) is 0. The van der Waals surface area contributed by atoms with Gasteiger partial charge in [0, 0.05) is 37.6 Å². The van der Waals surface area contributed by atoms with E-state index < -0.39 is 11.6 Å². The number of nitrogens with zero attached hydrogens (tertiary/aromatic N) is 2. The highest BCUT2D eigenvalue weighted by Gasteiger charge is 2.24. The van der Waals surface area contributed by atoms with Gasteiger partial charge in [-0.25, -0.2) is 8.78 Å². The second-order valence-electron chi connectivity index (χ2n) is 6.28. The molecular formula is C20H18F2N2O2. The van der Waals surface area contributed by atoms with Gasteiger partial charge in [0.15, 0.2) is 17.3 Å². The quantitative estimate of drug-likeness (QED) is 0.775. The smallest absolute Gasteiger partial charge is 0.167 e. The standard InChI is InChI=1S/C20H18F2N2O2/c1-13(25)14-2-3-15(12-23)19(10-14)24-8-6-17(7-9-24)26-20-5-4-16(21)11-18(20)22/h2-5,10-11,17H,6-9H2,1H3. The zero-order valence-electron chi connectivity index (χ0n) is 14.3. The third kappa shape index (κ3) is 3.83. The molecule has 0 unspecified atom stereocenters. The van der Waals surface area contributed by atoms with E-state index in [4.69, 9.17) is 4.74 Å². The summed E-state index contributed by atoms with van der Waals surface area (Å²) in [5, 5.41) is 9.32. The van der Waals surface area contributed by atoms with Crippen LogP contribution in [0.1, 0.15) is 35.7 Å². The molecule has 1 saturated heterocycles. The van der Waals surface area contributed by atoms with Crippen molar-refractivity contribution in [2.24, 2.45) is 0 Å². The van der Waals surface area contributed by atoms with E-state index in [2.05, 4.69) is 6.07 Å². The molecule has 4 nitrogen and oxygen atoms in total. The molecule has 0 saturated carbocycles. The maximum Gasteiger partial charge on any atom is 0.167 e. The molecule has 0 atom stereocenters. The van der Waals surface area contributed by atoms with E-state index >= 15 is 0 Å². The summed E-state index contributed by atoms with van der Waals surface area (Å²) < 4.78 is 32.4. The summed E-state index contributed by atoms with van der Waals surface area (Å²) in [5.74, 6) is -1.37. The highest BCUT2D eigenvalue weighted by atomic mass is 19.1. The van der Waals surface area contributed by atoms with Crippen LogP contribution in [0.5, 0.6) is 5.75 Å². The number of Topliss-reactive ketones (excluding diaryl/α,β-unsaturated/α-hetero) is 1. The molecule has 1 aliphatic rings. The van der Waals surface area contributed by atoms with Crippen molar-refractivity contribution in [1.29, 1.82) is 5.26 Å². The van der Waals surface area contributed by atoms with Gasteiger partial charge < -0.3 is 9.64 Å². The lowest BCUT2D eigenvalue weighted by Gasteiger charge is -2.34. The van der Waals surface area contributed by atoms with Crippen LogP contribution in [0.15, 0.2) is 36.4 Å². The van der Waals surface area contributed by atoms with Gasteiger partial charge in [-0.05, 0) is 37.3 Å². The Morgan fingerprint density at radius 1 is 1.19 bits per heavy atom. The molecule has 6 heteroatoms. The molecule has 0 radical (unpaired) electrons. The number of halogens is 2.